The Labute approximate surface area is 87.1 Å². The van der Waals surface area contributed by atoms with Gasteiger partial charge in [0.1, 0.15) is 0 Å². The molecule has 0 saturated carbocycles. The summed E-state index contributed by atoms with van der Waals surface area (Å²) in [7, 11) is 0. The van der Waals surface area contributed by atoms with Gasteiger partial charge in [0, 0.05) is 0 Å². The van der Waals surface area contributed by atoms with E-state index in [1.807, 2.05) is 20.8 Å². The molecule has 0 N–H and O–H groups in total. The first-order valence-electron chi connectivity index (χ1n) is 3.63. The lowest BCUT2D eigenvalue weighted by atomic mass is 10.0. The van der Waals surface area contributed by atoms with Crippen molar-refractivity contribution in [3.8, 4) is 0 Å². The number of hydrogen-bond donors (Lipinski definition) is 0. The van der Waals surface area contributed by atoms with Crippen molar-refractivity contribution in [2.75, 3.05) is 0 Å². The van der Waals surface area contributed by atoms with Crippen LogP contribution in [0.25, 0.3) is 0 Å². The first kappa shape index (κ1) is 10.9. The van der Waals surface area contributed by atoms with Gasteiger partial charge in [0.15, 0.2) is 0 Å². The van der Waals surface area contributed by atoms with Gasteiger partial charge < -0.3 is 9.47 Å². The van der Waals surface area contributed by atoms with Crippen molar-refractivity contribution in [3.05, 3.63) is 0 Å². The molecule has 0 bridgehead atoms. The Morgan fingerprint density at radius 3 is 1.92 bits per heavy atom. The fourth-order valence-electron chi connectivity index (χ4n) is 0.893. The third-order valence-corrected chi connectivity index (χ3v) is 2.52. The first-order chi connectivity index (χ1) is 5.23. The molecule has 0 aliphatic carbocycles. The second kappa shape index (κ2) is 3.18. The van der Waals surface area contributed by atoms with E-state index < -0.39 is 15.7 Å². The molecule has 12 heavy (non-hydrogen) atoms. The molecular weight excluding hydrogens is 222 g/mol. The zero-order valence-electron chi connectivity index (χ0n) is 7.11. The molecule has 0 aromatic carbocycles. The average molecular weight is 234 g/mol. The summed E-state index contributed by atoms with van der Waals surface area (Å²) in [5.41, 5.74) is -0.394. The van der Waals surface area contributed by atoms with Gasteiger partial charge in [0.05, 0.1) is 11.7 Å². The maximum Gasteiger partial charge on any atom is 0.240 e. The van der Waals surface area contributed by atoms with Crippen LogP contribution in [0, 0.1) is 0 Å². The zero-order valence-corrected chi connectivity index (χ0v) is 9.37. The van der Waals surface area contributed by atoms with Crippen molar-refractivity contribution in [1.29, 1.82) is 0 Å². The van der Waals surface area contributed by atoms with Gasteiger partial charge >= 0.3 is 0 Å². The largest absolute Gasteiger partial charge is 0.342 e. The van der Waals surface area contributed by atoms with Crippen LogP contribution in [0.1, 0.15) is 20.8 Å². The number of rotatable bonds is 0. The first-order valence-corrected chi connectivity index (χ1v) is 4.77. The summed E-state index contributed by atoms with van der Waals surface area (Å²) in [5.74, 6) is 0. The minimum atomic E-state index is -1.51. The fraction of sp³-hybridized carbons (Fsp3) is 1.00. The molecule has 72 valence electrons. The van der Waals surface area contributed by atoms with E-state index in [1.165, 1.54) is 0 Å². The van der Waals surface area contributed by atoms with E-state index in [0.29, 0.717) is 0 Å². The predicted molar refractivity (Wildman–Crippen MR) is 49.8 cm³/mol. The van der Waals surface area contributed by atoms with Crippen LogP contribution in [0.5, 0.6) is 0 Å². The summed E-state index contributed by atoms with van der Waals surface area (Å²) >= 11 is 16.8. The molecule has 0 spiro atoms. The Balaban J connectivity index is 2.67. The topological polar surface area (TPSA) is 18.5 Å². The SMILES string of the molecule is CC1OC(C(Cl)(Cl)Cl)OC1(C)C. The maximum absolute atomic E-state index is 5.61. The molecular formula is C7H11Cl3O2. The standard InChI is InChI=1S/C7H11Cl3O2/c1-4-6(2,3)12-5(11-4)7(8,9)10/h4-5H,1-3H3. The summed E-state index contributed by atoms with van der Waals surface area (Å²) in [5, 5.41) is 0. The quantitative estimate of drug-likeness (QED) is 0.599. The Kier molecular flexibility index (Phi) is 2.88. The molecule has 1 heterocycles. The van der Waals surface area contributed by atoms with Crippen LogP contribution in [0.4, 0.5) is 0 Å². The Morgan fingerprint density at radius 1 is 1.25 bits per heavy atom. The molecule has 5 heteroatoms. The minimum Gasteiger partial charge on any atom is -0.342 e. The molecule has 1 aliphatic rings. The van der Waals surface area contributed by atoms with Crippen LogP contribution in [0.15, 0.2) is 0 Å². The third kappa shape index (κ3) is 2.18. The van der Waals surface area contributed by atoms with Crippen LogP contribution in [-0.2, 0) is 9.47 Å². The van der Waals surface area contributed by atoms with Crippen LogP contribution >= 0.6 is 34.8 Å². The molecule has 0 amide bonds. The van der Waals surface area contributed by atoms with Crippen molar-refractivity contribution in [2.24, 2.45) is 0 Å². The lowest BCUT2D eigenvalue weighted by Gasteiger charge is -2.21. The highest BCUT2D eigenvalue weighted by molar-refractivity contribution is 6.67. The monoisotopic (exact) mass is 232 g/mol. The lowest BCUT2D eigenvalue weighted by molar-refractivity contribution is -0.0763. The summed E-state index contributed by atoms with van der Waals surface area (Å²) in [6.07, 6.45) is -0.842. The van der Waals surface area contributed by atoms with Crippen LogP contribution in [0.3, 0.4) is 0 Å². The second-order valence-electron chi connectivity index (χ2n) is 3.37. The van der Waals surface area contributed by atoms with E-state index in [-0.39, 0.29) is 6.10 Å². The van der Waals surface area contributed by atoms with E-state index in [4.69, 9.17) is 44.3 Å². The zero-order chi connectivity index (χ0) is 9.57. The molecule has 0 aromatic heterocycles. The third-order valence-electron chi connectivity index (χ3n) is 1.98. The van der Waals surface area contributed by atoms with Crippen molar-refractivity contribution in [2.45, 2.75) is 42.6 Å². The molecule has 2 unspecified atom stereocenters. The van der Waals surface area contributed by atoms with E-state index in [2.05, 4.69) is 0 Å². The van der Waals surface area contributed by atoms with Crippen molar-refractivity contribution in [1.82, 2.24) is 0 Å². The lowest BCUT2D eigenvalue weighted by Crippen LogP contribution is -2.31. The van der Waals surface area contributed by atoms with Crippen LogP contribution in [0.2, 0.25) is 0 Å². The van der Waals surface area contributed by atoms with Gasteiger partial charge in [-0.3, -0.25) is 0 Å². The van der Waals surface area contributed by atoms with Gasteiger partial charge in [-0.25, -0.2) is 0 Å². The van der Waals surface area contributed by atoms with Gasteiger partial charge in [0.25, 0.3) is 0 Å². The Morgan fingerprint density at radius 2 is 1.75 bits per heavy atom. The summed E-state index contributed by atoms with van der Waals surface area (Å²) in [4.78, 5) is 0. The minimum absolute atomic E-state index is 0.0712. The highest BCUT2D eigenvalue weighted by Gasteiger charge is 2.48. The fourth-order valence-corrected chi connectivity index (χ4v) is 1.18. The van der Waals surface area contributed by atoms with Gasteiger partial charge in [-0.05, 0) is 20.8 Å². The van der Waals surface area contributed by atoms with E-state index in [0.717, 1.165) is 0 Å². The predicted octanol–water partition coefficient (Wildman–Crippen LogP) is 2.90. The van der Waals surface area contributed by atoms with Crippen LogP contribution < -0.4 is 0 Å². The molecule has 1 aliphatic heterocycles. The van der Waals surface area contributed by atoms with Gasteiger partial charge in [-0.15, -0.1) is 0 Å². The van der Waals surface area contributed by atoms with E-state index in [1.54, 1.807) is 0 Å². The van der Waals surface area contributed by atoms with Gasteiger partial charge in [-0.1, -0.05) is 34.8 Å². The molecule has 1 rings (SSSR count). The highest BCUT2D eigenvalue weighted by Crippen LogP contribution is 2.41. The summed E-state index contributed by atoms with van der Waals surface area (Å²) in [6.45, 7) is 5.68. The van der Waals surface area contributed by atoms with Gasteiger partial charge in [-0.2, -0.15) is 0 Å². The van der Waals surface area contributed by atoms with Gasteiger partial charge in [0.2, 0.25) is 10.1 Å². The highest BCUT2D eigenvalue weighted by atomic mass is 35.6. The summed E-state index contributed by atoms with van der Waals surface area (Å²) in [6, 6.07) is 0. The van der Waals surface area contributed by atoms with Crippen molar-refractivity contribution >= 4 is 34.8 Å². The molecule has 0 aromatic rings. The maximum atomic E-state index is 5.61. The molecule has 2 atom stereocenters. The van der Waals surface area contributed by atoms with E-state index in [9.17, 15) is 0 Å². The van der Waals surface area contributed by atoms with E-state index >= 15 is 0 Å². The molecule has 1 saturated heterocycles. The van der Waals surface area contributed by atoms with Crippen molar-refractivity contribution < 1.29 is 9.47 Å². The number of ether oxygens (including phenoxy) is 2. The van der Waals surface area contributed by atoms with Crippen molar-refractivity contribution in [3.63, 3.8) is 0 Å². The normalized spacial score (nSPS) is 35.5. The average Bonchev–Trinajstić information content (AvgIpc) is 2.06. The second-order valence-corrected chi connectivity index (χ2v) is 5.74. The van der Waals surface area contributed by atoms with Crippen LogP contribution in [-0.4, -0.2) is 21.8 Å². The summed E-state index contributed by atoms with van der Waals surface area (Å²) < 4.78 is 9.22. The number of alkyl halides is 3. The Hall–Kier alpha value is 0.790. The molecule has 2 nitrogen and oxygen atoms in total. The molecule has 1 fully saturated rings. The number of hydrogen-bond acceptors (Lipinski definition) is 2. The number of halogens is 3. The molecule has 0 radical (unpaired) electrons. The Bertz CT molecular complexity index is 176. The smallest absolute Gasteiger partial charge is 0.240 e.